The zero-order valence-corrected chi connectivity index (χ0v) is 13.6. The van der Waals surface area contributed by atoms with Crippen molar-refractivity contribution >= 4 is 44.1 Å². The van der Waals surface area contributed by atoms with Crippen molar-refractivity contribution in [2.75, 3.05) is 5.32 Å². The Bertz CT molecular complexity index is 602. The number of nitrogens with zero attached hydrogens (tertiary/aromatic N) is 1. The fourth-order valence-electron chi connectivity index (χ4n) is 2.88. The van der Waals surface area contributed by atoms with Crippen LogP contribution < -0.4 is 5.32 Å². The number of alkyl halides is 1. The number of benzene rings is 1. The zero-order chi connectivity index (χ0) is 13.9. The van der Waals surface area contributed by atoms with E-state index in [-0.39, 0.29) is 5.38 Å². The van der Waals surface area contributed by atoms with Crippen LogP contribution in [0.15, 0.2) is 34.9 Å². The first-order valence-electron chi connectivity index (χ1n) is 7.19. The number of halogens is 2. The Morgan fingerprint density at radius 3 is 2.85 bits per heavy atom. The molecule has 1 saturated carbocycles. The molecule has 1 aliphatic rings. The van der Waals surface area contributed by atoms with Crippen molar-refractivity contribution in [3.8, 4) is 0 Å². The van der Waals surface area contributed by atoms with Crippen molar-refractivity contribution in [1.82, 2.24) is 4.98 Å². The molecule has 2 unspecified atom stereocenters. The Morgan fingerprint density at radius 1 is 1.10 bits per heavy atom. The minimum atomic E-state index is 0.196. The van der Waals surface area contributed by atoms with Crippen molar-refractivity contribution in [3.63, 3.8) is 0 Å². The summed E-state index contributed by atoms with van der Waals surface area (Å²) < 4.78 is 1.10. The van der Waals surface area contributed by atoms with Crippen LogP contribution in [0.2, 0.25) is 0 Å². The van der Waals surface area contributed by atoms with E-state index in [0.29, 0.717) is 6.04 Å². The molecule has 2 nitrogen and oxygen atoms in total. The average Bonchev–Trinajstić information content (AvgIpc) is 2.65. The van der Waals surface area contributed by atoms with Crippen molar-refractivity contribution in [2.24, 2.45) is 0 Å². The van der Waals surface area contributed by atoms with Gasteiger partial charge in [-0.25, -0.2) is 4.98 Å². The van der Waals surface area contributed by atoms with E-state index in [1.165, 1.54) is 24.6 Å². The molecule has 1 aliphatic carbocycles. The Hall–Kier alpha value is -0.800. The Labute approximate surface area is 133 Å². The second-order valence-electron chi connectivity index (χ2n) is 5.40. The minimum Gasteiger partial charge on any atom is -0.365 e. The molecule has 1 heterocycles. The summed E-state index contributed by atoms with van der Waals surface area (Å²) in [6.07, 6.45) is 7.84. The Kier molecular flexibility index (Phi) is 4.47. The minimum absolute atomic E-state index is 0.196. The standard InChI is InChI=1S/C16H18BrClN2/c17-13-6-4-5-12-11(13)9-10-19-16(12)20-15-8-3-1-2-7-14(15)18/h4-6,9-10,14-15H,1-3,7-8H2,(H,19,20). The molecular formula is C16H18BrClN2. The maximum absolute atomic E-state index is 6.52. The number of fused-ring (bicyclic) bond motifs is 1. The van der Waals surface area contributed by atoms with Crippen LogP contribution in [-0.4, -0.2) is 16.4 Å². The molecule has 1 N–H and O–H groups in total. The normalized spacial score (nSPS) is 23.5. The fourth-order valence-corrected chi connectivity index (χ4v) is 3.73. The molecule has 3 rings (SSSR count). The lowest BCUT2D eigenvalue weighted by Gasteiger charge is -2.22. The molecule has 4 heteroatoms. The van der Waals surface area contributed by atoms with Gasteiger partial charge in [0.2, 0.25) is 0 Å². The highest BCUT2D eigenvalue weighted by Gasteiger charge is 2.22. The molecule has 2 atom stereocenters. The van der Waals surface area contributed by atoms with Crippen LogP contribution >= 0.6 is 27.5 Å². The van der Waals surface area contributed by atoms with Crippen LogP contribution in [0.25, 0.3) is 10.8 Å². The first kappa shape index (κ1) is 14.2. The van der Waals surface area contributed by atoms with Gasteiger partial charge >= 0.3 is 0 Å². The second-order valence-corrected chi connectivity index (χ2v) is 6.81. The summed E-state index contributed by atoms with van der Waals surface area (Å²) in [5, 5.41) is 6.11. The van der Waals surface area contributed by atoms with E-state index in [4.69, 9.17) is 11.6 Å². The van der Waals surface area contributed by atoms with Gasteiger partial charge in [0.15, 0.2) is 0 Å². The lowest BCUT2D eigenvalue weighted by atomic mass is 10.1. The van der Waals surface area contributed by atoms with Crippen LogP contribution in [-0.2, 0) is 0 Å². The Balaban J connectivity index is 1.92. The molecule has 0 radical (unpaired) electrons. The molecule has 0 saturated heterocycles. The SMILES string of the molecule is ClC1CCCCCC1Nc1nccc2c(Br)cccc12. The summed E-state index contributed by atoms with van der Waals surface area (Å²) in [6, 6.07) is 8.56. The number of rotatable bonds is 2. The van der Waals surface area contributed by atoms with Gasteiger partial charge in [-0.05, 0) is 25.0 Å². The van der Waals surface area contributed by atoms with Gasteiger partial charge in [0.05, 0.1) is 5.38 Å². The predicted octanol–water partition coefficient (Wildman–Crippen LogP) is 5.35. The van der Waals surface area contributed by atoms with Crippen LogP contribution in [0.3, 0.4) is 0 Å². The van der Waals surface area contributed by atoms with Crippen molar-refractivity contribution in [2.45, 2.75) is 43.5 Å². The molecule has 0 spiro atoms. The number of anilines is 1. The maximum Gasteiger partial charge on any atom is 0.134 e. The molecule has 1 fully saturated rings. The molecule has 20 heavy (non-hydrogen) atoms. The highest BCUT2D eigenvalue weighted by molar-refractivity contribution is 9.10. The van der Waals surface area contributed by atoms with E-state index in [1.54, 1.807) is 0 Å². The van der Waals surface area contributed by atoms with Gasteiger partial charge in [0, 0.05) is 27.5 Å². The molecule has 0 aliphatic heterocycles. The van der Waals surface area contributed by atoms with Gasteiger partial charge in [0.1, 0.15) is 5.82 Å². The second kappa shape index (κ2) is 6.31. The van der Waals surface area contributed by atoms with Crippen LogP contribution in [0.5, 0.6) is 0 Å². The van der Waals surface area contributed by atoms with Crippen molar-refractivity contribution in [1.29, 1.82) is 0 Å². The summed E-state index contributed by atoms with van der Waals surface area (Å²) in [5.41, 5.74) is 0. The molecule has 106 valence electrons. The lowest BCUT2D eigenvalue weighted by Crippen LogP contribution is -2.29. The topological polar surface area (TPSA) is 24.9 Å². The zero-order valence-electron chi connectivity index (χ0n) is 11.3. The summed E-state index contributed by atoms with van der Waals surface area (Å²) in [5.74, 6) is 0.946. The third kappa shape index (κ3) is 2.94. The third-order valence-electron chi connectivity index (χ3n) is 4.01. The Morgan fingerprint density at radius 2 is 1.95 bits per heavy atom. The number of nitrogens with one attached hydrogen (secondary N) is 1. The highest BCUT2D eigenvalue weighted by Crippen LogP contribution is 2.30. The van der Waals surface area contributed by atoms with Crippen LogP contribution in [0, 0.1) is 0 Å². The highest BCUT2D eigenvalue weighted by atomic mass is 79.9. The number of pyridine rings is 1. The number of hydrogen-bond acceptors (Lipinski definition) is 2. The van der Waals surface area contributed by atoms with Gasteiger partial charge in [-0.3, -0.25) is 0 Å². The van der Waals surface area contributed by atoms with Crippen LogP contribution in [0.4, 0.5) is 5.82 Å². The summed E-state index contributed by atoms with van der Waals surface area (Å²) in [6.45, 7) is 0. The van der Waals surface area contributed by atoms with Gasteiger partial charge in [0.25, 0.3) is 0 Å². The van der Waals surface area contributed by atoms with E-state index >= 15 is 0 Å². The van der Waals surface area contributed by atoms with Gasteiger partial charge in [-0.2, -0.15) is 0 Å². The monoisotopic (exact) mass is 352 g/mol. The smallest absolute Gasteiger partial charge is 0.134 e. The molecule has 0 amide bonds. The predicted molar refractivity (Wildman–Crippen MR) is 89.6 cm³/mol. The largest absolute Gasteiger partial charge is 0.365 e. The van der Waals surface area contributed by atoms with E-state index < -0.39 is 0 Å². The third-order valence-corrected chi connectivity index (χ3v) is 5.22. The summed E-state index contributed by atoms with van der Waals surface area (Å²) in [4.78, 5) is 4.52. The van der Waals surface area contributed by atoms with E-state index in [0.717, 1.165) is 28.5 Å². The van der Waals surface area contributed by atoms with Gasteiger partial charge in [-0.1, -0.05) is 47.3 Å². The van der Waals surface area contributed by atoms with Gasteiger partial charge < -0.3 is 5.32 Å². The van der Waals surface area contributed by atoms with E-state index in [9.17, 15) is 0 Å². The lowest BCUT2D eigenvalue weighted by molar-refractivity contribution is 0.625. The average molecular weight is 354 g/mol. The van der Waals surface area contributed by atoms with Gasteiger partial charge in [-0.15, -0.1) is 11.6 Å². The summed E-state index contributed by atoms with van der Waals surface area (Å²) >= 11 is 10.1. The fraction of sp³-hybridized carbons (Fsp3) is 0.438. The molecular weight excluding hydrogens is 336 g/mol. The van der Waals surface area contributed by atoms with E-state index in [1.807, 2.05) is 18.3 Å². The maximum atomic E-state index is 6.52. The molecule has 1 aromatic heterocycles. The summed E-state index contributed by atoms with van der Waals surface area (Å²) in [7, 11) is 0. The molecule has 0 bridgehead atoms. The number of hydrogen-bond donors (Lipinski definition) is 1. The first-order chi connectivity index (χ1) is 9.75. The van der Waals surface area contributed by atoms with Crippen molar-refractivity contribution in [3.05, 3.63) is 34.9 Å². The molecule has 1 aromatic carbocycles. The van der Waals surface area contributed by atoms with Crippen molar-refractivity contribution < 1.29 is 0 Å². The number of aromatic nitrogens is 1. The molecule has 2 aromatic rings. The van der Waals surface area contributed by atoms with Crippen LogP contribution in [0.1, 0.15) is 32.1 Å². The van der Waals surface area contributed by atoms with E-state index in [2.05, 4.69) is 38.4 Å². The first-order valence-corrected chi connectivity index (χ1v) is 8.42. The quantitative estimate of drug-likeness (QED) is 0.581.